The fraction of sp³-hybridized carbons (Fsp3) is 0.333. The highest BCUT2D eigenvalue weighted by molar-refractivity contribution is 5.92. The Bertz CT molecular complexity index is 632. The van der Waals surface area contributed by atoms with Gasteiger partial charge < -0.3 is 10.5 Å². The normalized spacial score (nSPS) is 10.6. The van der Waals surface area contributed by atoms with Crippen LogP contribution in [0, 0.1) is 6.92 Å². The number of nitrogens with zero attached hydrogens (tertiary/aromatic N) is 2. The quantitative estimate of drug-likeness (QED) is 0.869. The standard InChI is InChI=1S/C15H19N3O2/c1-4-11-7-6-8-12(9-11)18-10(3)17-13(14(18)16)15(19)20-5-2/h6-9H,4-5,16H2,1-3H3. The molecule has 5 nitrogen and oxygen atoms in total. The Labute approximate surface area is 118 Å². The van der Waals surface area contributed by atoms with E-state index in [1.807, 2.05) is 25.1 Å². The van der Waals surface area contributed by atoms with Gasteiger partial charge in [-0.25, -0.2) is 9.78 Å². The number of anilines is 1. The summed E-state index contributed by atoms with van der Waals surface area (Å²) < 4.78 is 6.73. The van der Waals surface area contributed by atoms with E-state index in [0.717, 1.165) is 12.1 Å². The minimum absolute atomic E-state index is 0.172. The van der Waals surface area contributed by atoms with Crippen molar-refractivity contribution in [2.24, 2.45) is 0 Å². The molecule has 106 valence electrons. The lowest BCUT2D eigenvalue weighted by atomic mass is 10.1. The number of aryl methyl sites for hydroxylation is 2. The molecule has 2 N–H and O–H groups in total. The molecule has 1 heterocycles. The number of carbonyl (C=O) groups is 1. The molecule has 0 aliphatic carbocycles. The maximum absolute atomic E-state index is 11.8. The molecule has 5 heteroatoms. The zero-order chi connectivity index (χ0) is 14.7. The lowest BCUT2D eigenvalue weighted by Gasteiger charge is -2.09. The largest absolute Gasteiger partial charge is 0.461 e. The maximum Gasteiger partial charge on any atom is 0.360 e. The van der Waals surface area contributed by atoms with Crippen LogP contribution in [0.2, 0.25) is 0 Å². The predicted octanol–water partition coefficient (Wildman–Crippen LogP) is 2.50. The lowest BCUT2D eigenvalue weighted by molar-refractivity contribution is 0.0521. The van der Waals surface area contributed by atoms with Crippen molar-refractivity contribution in [1.29, 1.82) is 0 Å². The number of carbonyl (C=O) groups excluding carboxylic acids is 1. The third-order valence-electron chi connectivity index (χ3n) is 3.13. The third kappa shape index (κ3) is 2.52. The summed E-state index contributed by atoms with van der Waals surface area (Å²) in [5.74, 6) is 0.492. The Morgan fingerprint density at radius 3 is 2.80 bits per heavy atom. The Morgan fingerprint density at radius 1 is 1.40 bits per heavy atom. The topological polar surface area (TPSA) is 70.1 Å². The van der Waals surface area contributed by atoms with E-state index < -0.39 is 5.97 Å². The molecule has 0 saturated carbocycles. The molecule has 0 fully saturated rings. The Morgan fingerprint density at radius 2 is 2.15 bits per heavy atom. The van der Waals surface area contributed by atoms with Crippen LogP contribution < -0.4 is 5.73 Å². The van der Waals surface area contributed by atoms with Gasteiger partial charge in [0.15, 0.2) is 5.69 Å². The molecular weight excluding hydrogens is 254 g/mol. The summed E-state index contributed by atoms with van der Waals surface area (Å²) in [6, 6.07) is 8.01. The smallest absolute Gasteiger partial charge is 0.360 e. The number of esters is 1. The van der Waals surface area contributed by atoms with Gasteiger partial charge in [-0.1, -0.05) is 19.1 Å². The molecule has 0 spiro atoms. The van der Waals surface area contributed by atoms with Crippen molar-refractivity contribution in [3.63, 3.8) is 0 Å². The van der Waals surface area contributed by atoms with Crippen LogP contribution in [-0.2, 0) is 11.2 Å². The first-order valence-electron chi connectivity index (χ1n) is 6.69. The highest BCUT2D eigenvalue weighted by Crippen LogP contribution is 2.22. The molecular formula is C15H19N3O2. The lowest BCUT2D eigenvalue weighted by Crippen LogP contribution is -2.09. The fourth-order valence-electron chi connectivity index (χ4n) is 2.14. The molecule has 2 rings (SSSR count). The van der Waals surface area contributed by atoms with Gasteiger partial charge in [0.05, 0.1) is 6.61 Å². The number of rotatable bonds is 4. The number of nitrogen functional groups attached to an aromatic ring is 1. The zero-order valence-electron chi connectivity index (χ0n) is 12.0. The van der Waals surface area contributed by atoms with Gasteiger partial charge in [-0.3, -0.25) is 4.57 Å². The Balaban J connectivity index is 2.49. The van der Waals surface area contributed by atoms with E-state index in [1.54, 1.807) is 11.5 Å². The van der Waals surface area contributed by atoms with E-state index in [-0.39, 0.29) is 5.69 Å². The van der Waals surface area contributed by atoms with Crippen molar-refractivity contribution < 1.29 is 9.53 Å². The van der Waals surface area contributed by atoms with Crippen molar-refractivity contribution >= 4 is 11.8 Å². The highest BCUT2D eigenvalue weighted by Gasteiger charge is 2.20. The first kappa shape index (κ1) is 14.1. The predicted molar refractivity (Wildman–Crippen MR) is 78.0 cm³/mol. The van der Waals surface area contributed by atoms with Crippen LogP contribution in [-0.4, -0.2) is 22.1 Å². The van der Waals surface area contributed by atoms with Crippen molar-refractivity contribution in [3.8, 4) is 5.69 Å². The summed E-state index contributed by atoms with van der Waals surface area (Å²) in [6.45, 7) is 5.96. The van der Waals surface area contributed by atoms with Gasteiger partial charge in [0.25, 0.3) is 0 Å². The monoisotopic (exact) mass is 273 g/mol. The average molecular weight is 273 g/mol. The van der Waals surface area contributed by atoms with E-state index >= 15 is 0 Å². The summed E-state index contributed by atoms with van der Waals surface area (Å²) in [5.41, 5.74) is 8.34. The number of aromatic nitrogens is 2. The number of ether oxygens (including phenoxy) is 1. The van der Waals surface area contributed by atoms with Crippen molar-refractivity contribution in [2.75, 3.05) is 12.3 Å². The van der Waals surface area contributed by atoms with Gasteiger partial charge in [0, 0.05) is 5.69 Å². The van der Waals surface area contributed by atoms with Gasteiger partial charge >= 0.3 is 5.97 Å². The van der Waals surface area contributed by atoms with Crippen LogP contribution >= 0.6 is 0 Å². The van der Waals surface area contributed by atoms with E-state index in [2.05, 4.69) is 18.0 Å². The molecule has 1 aromatic heterocycles. The number of benzene rings is 1. The molecule has 0 amide bonds. The van der Waals surface area contributed by atoms with Gasteiger partial charge in [0.2, 0.25) is 0 Å². The summed E-state index contributed by atoms with van der Waals surface area (Å²) in [6.07, 6.45) is 0.937. The first-order valence-corrected chi connectivity index (χ1v) is 6.69. The van der Waals surface area contributed by atoms with Crippen LogP contribution in [0.5, 0.6) is 0 Å². The summed E-state index contributed by atoms with van der Waals surface area (Å²) in [4.78, 5) is 16.0. The molecule has 0 radical (unpaired) electrons. The summed E-state index contributed by atoms with van der Waals surface area (Å²) in [7, 11) is 0. The average Bonchev–Trinajstić information content (AvgIpc) is 2.74. The van der Waals surface area contributed by atoms with Crippen LogP contribution in [0.25, 0.3) is 5.69 Å². The second-order valence-corrected chi connectivity index (χ2v) is 4.47. The number of hydrogen-bond acceptors (Lipinski definition) is 4. The Kier molecular flexibility index (Phi) is 4.08. The highest BCUT2D eigenvalue weighted by atomic mass is 16.5. The molecule has 0 unspecified atom stereocenters. The van der Waals surface area contributed by atoms with Crippen molar-refractivity contribution in [3.05, 3.63) is 41.3 Å². The molecule has 20 heavy (non-hydrogen) atoms. The van der Waals surface area contributed by atoms with Crippen LogP contribution in [0.4, 0.5) is 5.82 Å². The van der Waals surface area contributed by atoms with Crippen molar-refractivity contribution in [1.82, 2.24) is 9.55 Å². The molecule has 0 aliphatic heterocycles. The van der Waals surface area contributed by atoms with Crippen LogP contribution in [0.1, 0.15) is 35.7 Å². The summed E-state index contributed by atoms with van der Waals surface area (Å²) in [5, 5.41) is 0. The van der Waals surface area contributed by atoms with Gasteiger partial charge in [0.1, 0.15) is 11.6 Å². The van der Waals surface area contributed by atoms with Gasteiger partial charge in [-0.15, -0.1) is 0 Å². The third-order valence-corrected chi connectivity index (χ3v) is 3.13. The van der Waals surface area contributed by atoms with Crippen molar-refractivity contribution in [2.45, 2.75) is 27.2 Å². The molecule has 0 bridgehead atoms. The number of nitrogens with two attached hydrogens (primary N) is 1. The second kappa shape index (κ2) is 5.77. The van der Waals surface area contributed by atoms with E-state index in [4.69, 9.17) is 10.5 Å². The molecule has 0 aliphatic rings. The van der Waals surface area contributed by atoms with E-state index in [9.17, 15) is 4.79 Å². The fourth-order valence-corrected chi connectivity index (χ4v) is 2.14. The maximum atomic E-state index is 11.8. The zero-order valence-corrected chi connectivity index (χ0v) is 12.0. The minimum Gasteiger partial charge on any atom is -0.461 e. The van der Waals surface area contributed by atoms with Crippen LogP contribution in [0.3, 0.4) is 0 Å². The second-order valence-electron chi connectivity index (χ2n) is 4.47. The first-order chi connectivity index (χ1) is 9.58. The molecule has 2 aromatic rings. The minimum atomic E-state index is -0.488. The molecule has 0 saturated heterocycles. The van der Waals surface area contributed by atoms with E-state index in [1.165, 1.54) is 5.56 Å². The number of hydrogen-bond donors (Lipinski definition) is 1. The van der Waals surface area contributed by atoms with Gasteiger partial charge in [-0.2, -0.15) is 0 Å². The SMILES string of the molecule is CCOC(=O)c1nc(C)n(-c2cccc(CC)c2)c1N. The Hall–Kier alpha value is -2.30. The van der Waals surface area contributed by atoms with E-state index in [0.29, 0.717) is 18.2 Å². The van der Waals surface area contributed by atoms with Crippen LogP contribution in [0.15, 0.2) is 24.3 Å². The van der Waals surface area contributed by atoms with Gasteiger partial charge in [-0.05, 0) is 38.0 Å². The summed E-state index contributed by atoms with van der Waals surface area (Å²) >= 11 is 0. The number of imidazole rings is 1. The molecule has 1 aromatic carbocycles. The molecule has 0 atom stereocenters.